The number of nitrogens with zero attached hydrogens (tertiary/aromatic N) is 1. The zero-order chi connectivity index (χ0) is 19.3. The lowest BCUT2D eigenvalue weighted by Gasteiger charge is -2.38. The molecule has 0 radical (unpaired) electrons. The zero-order valence-electron chi connectivity index (χ0n) is 16.6. The first-order valence-corrected chi connectivity index (χ1v) is 9.66. The Morgan fingerprint density at radius 2 is 1.70 bits per heavy atom. The summed E-state index contributed by atoms with van der Waals surface area (Å²) in [6.45, 7) is 4.16. The van der Waals surface area contributed by atoms with Crippen LogP contribution >= 0.6 is 0 Å². The monoisotopic (exact) mass is 366 g/mol. The highest BCUT2D eigenvalue weighted by molar-refractivity contribution is 5.83. The van der Waals surface area contributed by atoms with Crippen molar-refractivity contribution in [1.82, 2.24) is 10.2 Å². The molecule has 3 rings (SSSR count). The first-order valence-electron chi connectivity index (χ1n) is 9.66. The van der Waals surface area contributed by atoms with Crippen LogP contribution < -0.4 is 5.32 Å². The number of hydrogen-bond acceptors (Lipinski definition) is 3. The van der Waals surface area contributed by atoms with E-state index in [0.29, 0.717) is 6.54 Å². The van der Waals surface area contributed by atoms with Crippen LogP contribution in [0, 0.1) is 6.92 Å². The summed E-state index contributed by atoms with van der Waals surface area (Å²) in [5.41, 5.74) is 3.42. The molecule has 4 heteroatoms. The van der Waals surface area contributed by atoms with Gasteiger partial charge in [-0.3, -0.25) is 9.69 Å². The first-order chi connectivity index (χ1) is 13.0. The minimum atomic E-state index is -0.293. The number of ether oxygens (including phenoxy) is 1. The molecule has 1 unspecified atom stereocenters. The van der Waals surface area contributed by atoms with Crippen LogP contribution in [0.1, 0.15) is 35.6 Å². The molecular weight excluding hydrogens is 336 g/mol. The Morgan fingerprint density at radius 1 is 1.07 bits per heavy atom. The van der Waals surface area contributed by atoms with E-state index in [1.807, 2.05) is 43.3 Å². The van der Waals surface area contributed by atoms with E-state index in [9.17, 15) is 4.79 Å². The van der Waals surface area contributed by atoms with E-state index in [-0.39, 0.29) is 17.4 Å². The fraction of sp³-hybridized carbons (Fsp3) is 0.435. The summed E-state index contributed by atoms with van der Waals surface area (Å²) >= 11 is 0. The van der Waals surface area contributed by atoms with Crippen LogP contribution in [0.2, 0.25) is 0 Å². The number of benzene rings is 2. The molecule has 1 saturated heterocycles. The van der Waals surface area contributed by atoms with Crippen molar-refractivity contribution in [2.24, 2.45) is 0 Å². The molecule has 1 heterocycles. The normalized spacial score (nSPS) is 17.5. The van der Waals surface area contributed by atoms with Gasteiger partial charge in [0.05, 0.1) is 0 Å². The van der Waals surface area contributed by atoms with Gasteiger partial charge in [0.2, 0.25) is 5.91 Å². The molecule has 144 valence electrons. The number of carbonyl (C=O) groups excluding carboxylic acids is 1. The van der Waals surface area contributed by atoms with Crippen LogP contribution in [0.5, 0.6) is 0 Å². The molecule has 1 atom stereocenters. The van der Waals surface area contributed by atoms with Gasteiger partial charge in [0, 0.05) is 25.2 Å². The Balaban J connectivity index is 1.80. The summed E-state index contributed by atoms with van der Waals surface area (Å²) in [7, 11) is 3.91. The molecule has 0 bridgehead atoms. The maximum atomic E-state index is 13.2. The Bertz CT molecular complexity index is 752. The molecule has 0 saturated carbocycles. The maximum Gasteiger partial charge on any atom is 0.241 e. The number of rotatable bonds is 6. The van der Waals surface area contributed by atoms with Gasteiger partial charge in [-0.2, -0.15) is 0 Å². The van der Waals surface area contributed by atoms with Crippen LogP contribution in [0.25, 0.3) is 0 Å². The lowest BCUT2D eigenvalue weighted by atomic mass is 9.74. The third-order valence-corrected chi connectivity index (χ3v) is 5.68. The Labute approximate surface area is 162 Å². The summed E-state index contributed by atoms with van der Waals surface area (Å²) < 4.78 is 5.60. The fourth-order valence-corrected chi connectivity index (χ4v) is 4.02. The highest BCUT2D eigenvalue weighted by Crippen LogP contribution is 2.34. The average molecular weight is 367 g/mol. The summed E-state index contributed by atoms with van der Waals surface area (Å²) in [5.74, 6) is 0.0519. The summed E-state index contributed by atoms with van der Waals surface area (Å²) in [4.78, 5) is 15.2. The molecular formula is C23H30N2O2. The van der Waals surface area contributed by atoms with Crippen LogP contribution in [0.4, 0.5) is 0 Å². The Morgan fingerprint density at radius 3 is 2.33 bits per heavy atom. The van der Waals surface area contributed by atoms with Gasteiger partial charge in [-0.1, -0.05) is 54.6 Å². The predicted octanol–water partition coefficient (Wildman–Crippen LogP) is 3.46. The molecule has 1 N–H and O–H groups in total. The number of carbonyl (C=O) groups is 1. The number of aryl methyl sites for hydroxylation is 1. The molecule has 2 aromatic carbocycles. The molecule has 1 aliphatic rings. The minimum absolute atomic E-state index is 0.0519. The smallest absolute Gasteiger partial charge is 0.241 e. The van der Waals surface area contributed by atoms with Gasteiger partial charge in [-0.25, -0.2) is 0 Å². The molecule has 1 aliphatic heterocycles. The summed E-state index contributed by atoms with van der Waals surface area (Å²) in [5, 5.41) is 3.26. The number of nitrogens with one attached hydrogen (secondary N) is 1. The van der Waals surface area contributed by atoms with E-state index in [0.717, 1.165) is 37.2 Å². The van der Waals surface area contributed by atoms with E-state index in [1.165, 1.54) is 5.56 Å². The van der Waals surface area contributed by atoms with Crippen molar-refractivity contribution in [3.63, 3.8) is 0 Å². The van der Waals surface area contributed by atoms with Crippen molar-refractivity contribution in [2.75, 3.05) is 33.9 Å². The third-order valence-electron chi connectivity index (χ3n) is 5.68. The van der Waals surface area contributed by atoms with E-state index in [2.05, 4.69) is 42.6 Å². The zero-order valence-corrected chi connectivity index (χ0v) is 16.6. The van der Waals surface area contributed by atoms with Gasteiger partial charge < -0.3 is 10.1 Å². The van der Waals surface area contributed by atoms with Gasteiger partial charge >= 0.3 is 0 Å². The molecule has 27 heavy (non-hydrogen) atoms. The molecule has 0 spiro atoms. The van der Waals surface area contributed by atoms with Crippen molar-refractivity contribution in [3.05, 3.63) is 71.3 Å². The second-order valence-electron chi connectivity index (χ2n) is 7.70. The molecule has 0 aliphatic carbocycles. The third kappa shape index (κ3) is 4.40. The van der Waals surface area contributed by atoms with Crippen LogP contribution in [0.15, 0.2) is 54.6 Å². The van der Waals surface area contributed by atoms with Gasteiger partial charge in [0.25, 0.3) is 0 Å². The summed E-state index contributed by atoms with van der Waals surface area (Å²) in [6, 6.07) is 18.3. The van der Waals surface area contributed by atoms with E-state index in [4.69, 9.17) is 4.74 Å². The van der Waals surface area contributed by atoms with Crippen molar-refractivity contribution < 1.29 is 9.53 Å². The van der Waals surface area contributed by atoms with Gasteiger partial charge in [0.15, 0.2) is 0 Å². The highest BCUT2D eigenvalue weighted by Gasteiger charge is 2.36. The largest absolute Gasteiger partial charge is 0.381 e. The van der Waals surface area contributed by atoms with Crippen molar-refractivity contribution in [1.29, 1.82) is 0 Å². The lowest BCUT2D eigenvalue weighted by molar-refractivity contribution is -0.126. The average Bonchev–Trinajstić information content (AvgIpc) is 2.69. The van der Waals surface area contributed by atoms with E-state index in [1.54, 1.807) is 0 Å². The Kier molecular flexibility index (Phi) is 6.30. The Hall–Kier alpha value is -2.17. The van der Waals surface area contributed by atoms with Crippen molar-refractivity contribution in [2.45, 2.75) is 31.2 Å². The SMILES string of the molecule is Cc1ccccc1C(C(=O)NCC1(c2ccccc2)CCOCC1)N(C)C. The number of likely N-dealkylation sites (N-methyl/N-ethyl adjacent to an activating group) is 1. The topological polar surface area (TPSA) is 41.6 Å². The van der Waals surface area contributed by atoms with Crippen molar-refractivity contribution >= 4 is 5.91 Å². The molecule has 1 amide bonds. The molecule has 1 fully saturated rings. The molecule has 0 aromatic heterocycles. The van der Waals surface area contributed by atoms with Crippen LogP contribution in [-0.4, -0.2) is 44.7 Å². The van der Waals surface area contributed by atoms with E-state index < -0.39 is 0 Å². The van der Waals surface area contributed by atoms with Crippen LogP contribution in [0.3, 0.4) is 0 Å². The standard InChI is InChI=1S/C23H30N2O2/c1-18-9-7-8-12-20(18)21(25(2)3)22(26)24-17-23(13-15-27-16-14-23)19-10-5-4-6-11-19/h4-12,21H,13-17H2,1-3H3,(H,24,26). The van der Waals surface area contributed by atoms with Crippen molar-refractivity contribution in [3.8, 4) is 0 Å². The molecule has 2 aromatic rings. The van der Waals surface area contributed by atoms with Gasteiger partial charge in [-0.05, 0) is 50.6 Å². The second kappa shape index (κ2) is 8.68. The quantitative estimate of drug-likeness (QED) is 0.851. The van der Waals surface area contributed by atoms with Crippen LogP contribution in [-0.2, 0) is 14.9 Å². The highest BCUT2D eigenvalue weighted by atomic mass is 16.5. The maximum absolute atomic E-state index is 13.2. The second-order valence-corrected chi connectivity index (χ2v) is 7.70. The van der Waals surface area contributed by atoms with E-state index >= 15 is 0 Å². The minimum Gasteiger partial charge on any atom is -0.381 e. The van der Waals surface area contributed by atoms with Gasteiger partial charge in [0.1, 0.15) is 6.04 Å². The number of amides is 1. The number of hydrogen-bond donors (Lipinski definition) is 1. The fourth-order valence-electron chi connectivity index (χ4n) is 4.02. The molecule has 4 nitrogen and oxygen atoms in total. The van der Waals surface area contributed by atoms with Gasteiger partial charge in [-0.15, -0.1) is 0 Å². The predicted molar refractivity (Wildman–Crippen MR) is 109 cm³/mol. The lowest BCUT2D eigenvalue weighted by Crippen LogP contribution is -2.47. The first kappa shape index (κ1) is 19.6. The summed E-state index contributed by atoms with van der Waals surface area (Å²) in [6.07, 6.45) is 1.85.